The van der Waals surface area contributed by atoms with Gasteiger partial charge in [-0.2, -0.15) is 0 Å². The average Bonchev–Trinajstić information content (AvgIpc) is 3.05. The van der Waals surface area contributed by atoms with Crippen LogP contribution < -0.4 is 16.0 Å². The molecule has 1 heterocycles. The highest BCUT2D eigenvalue weighted by molar-refractivity contribution is 5.86. The fourth-order valence-corrected chi connectivity index (χ4v) is 1.83. The van der Waals surface area contributed by atoms with Gasteiger partial charge in [-0.3, -0.25) is 4.79 Å². The van der Waals surface area contributed by atoms with Crippen LogP contribution in [0, 0.1) is 0 Å². The second-order valence-electron chi connectivity index (χ2n) is 4.83. The first-order valence-corrected chi connectivity index (χ1v) is 7.03. The molecule has 0 aliphatic rings. The summed E-state index contributed by atoms with van der Waals surface area (Å²) in [5.41, 5.74) is 1.00. The van der Waals surface area contributed by atoms with Gasteiger partial charge in [-0.25, -0.2) is 4.79 Å². The molecule has 0 radical (unpaired) electrons. The number of carbonyl (C=O) groups excluding carboxylic acids is 2. The van der Waals surface area contributed by atoms with Crippen molar-refractivity contribution in [2.45, 2.75) is 26.1 Å². The Hall–Kier alpha value is -2.76. The Balaban J connectivity index is 1.70. The molecule has 0 saturated carbocycles. The SMILES string of the molecule is CC(NC(=O)NCc1ccco1)C(=O)NCc1ccccc1. The summed E-state index contributed by atoms with van der Waals surface area (Å²) in [6.07, 6.45) is 1.54. The Morgan fingerprint density at radius 1 is 1.05 bits per heavy atom. The lowest BCUT2D eigenvalue weighted by Crippen LogP contribution is -2.48. The third-order valence-electron chi connectivity index (χ3n) is 3.05. The Labute approximate surface area is 128 Å². The summed E-state index contributed by atoms with van der Waals surface area (Å²) in [5, 5.41) is 7.97. The van der Waals surface area contributed by atoms with Crippen molar-refractivity contribution in [1.82, 2.24) is 16.0 Å². The summed E-state index contributed by atoms with van der Waals surface area (Å²) >= 11 is 0. The van der Waals surface area contributed by atoms with E-state index in [4.69, 9.17) is 4.42 Å². The van der Waals surface area contributed by atoms with E-state index >= 15 is 0 Å². The maximum absolute atomic E-state index is 11.9. The van der Waals surface area contributed by atoms with E-state index in [2.05, 4.69) is 16.0 Å². The molecular formula is C16H19N3O3. The minimum Gasteiger partial charge on any atom is -0.467 e. The topological polar surface area (TPSA) is 83.4 Å². The third-order valence-corrected chi connectivity index (χ3v) is 3.05. The van der Waals surface area contributed by atoms with Crippen molar-refractivity contribution in [1.29, 1.82) is 0 Å². The number of hydrogen-bond donors (Lipinski definition) is 3. The Morgan fingerprint density at radius 3 is 2.50 bits per heavy atom. The van der Waals surface area contributed by atoms with Gasteiger partial charge in [0.15, 0.2) is 0 Å². The molecule has 1 unspecified atom stereocenters. The van der Waals surface area contributed by atoms with Crippen LogP contribution in [0.3, 0.4) is 0 Å². The van der Waals surface area contributed by atoms with Crippen molar-refractivity contribution in [2.24, 2.45) is 0 Å². The third kappa shape index (κ3) is 4.97. The summed E-state index contributed by atoms with van der Waals surface area (Å²) < 4.78 is 5.10. The predicted octanol–water partition coefficient (Wildman–Crippen LogP) is 1.78. The van der Waals surface area contributed by atoms with Crippen LogP contribution in [0.2, 0.25) is 0 Å². The first kappa shape index (κ1) is 15.6. The van der Waals surface area contributed by atoms with E-state index < -0.39 is 12.1 Å². The van der Waals surface area contributed by atoms with Crippen molar-refractivity contribution in [3.63, 3.8) is 0 Å². The van der Waals surface area contributed by atoms with E-state index in [1.54, 1.807) is 19.1 Å². The molecule has 3 amide bonds. The lowest BCUT2D eigenvalue weighted by molar-refractivity contribution is -0.122. The molecule has 2 rings (SSSR count). The quantitative estimate of drug-likeness (QED) is 0.760. The molecule has 0 aliphatic heterocycles. The molecule has 0 saturated heterocycles. The van der Waals surface area contributed by atoms with E-state index in [0.717, 1.165) is 5.56 Å². The van der Waals surface area contributed by atoms with E-state index in [1.807, 2.05) is 30.3 Å². The van der Waals surface area contributed by atoms with Crippen molar-refractivity contribution < 1.29 is 14.0 Å². The number of nitrogens with one attached hydrogen (secondary N) is 3. The van der Waals surface area contributed by atoms with Crippen LogP contribution in [0.5, 0.6) is 0 Å². The molecule has 22 heavy (non-hydrogen) atoms. The number of furan rings is 1. The van der Waals surface area contributed by atoms with Crippen molar-refractivity contribution >= 4 is 11.9 Å². The van der Waals surface area contributed by atoms with Crippen LogP contribution in [0.15, 0.2) is 53.1 Å². The minimum atomic E-state index is -0.625. The van der Waals surface area contributed by atoms with E-state index in [0.29, 0.717) is 12.3 Å². The van der Waals surface area contributed by atoms with Gasteiger partial charge in [0, 0.05) is 6.54 Å². The summed E-state index contributed by atoms with van der Waals surface area (Å²) in [6, 6.07) is 12.0. The normalized spacial score (nSPS) is 11.5. The first-order chi connectivity index (χ1) is 10.6. The second-order valence-corrected chi connectivity index (χ2v) is 4.83. The van der Waals surface area contributed by atoms with Gasteiger partial charge in [-0.1, -0.05) is 30.3 Å². The van der Waals surface area contributed by atoms with Gasteiger partial charge in [0.1, 0.15) is 11.8 Å². The number of rotatable bonds is 6. The molecule has 116 valence electrons. The van der Waals surface area contributed by atoms with Gasteiger partial charge < -0.3 is 20.4 Å². The lowest BCUT2D eigenvalue weighted by Gasteiger charge is -2.14. The van der Waals surface area contributed by atoms with Crippen molar-refractivity contribution in [3.8, 4) is 0 Å². The highest BCUT2D eigenvalue weighted by Gasteiger charge is 2.15. The summed E-state index contributed by atoms with van der Waals surface area (Å²) in [6.45, 7) is 2.34. The number of amides is 3. The molecule has 3 N–H and O–H groups in total. The summed E-state index contributed by atoms with van der Waals surface area (Å²) in [4.78, 5) is 23.6. The fourth-order valence-electron chi connectivity index (χ4n) is 1.83. The van der Waals surface area contributed by atoms with Crippen molar-refractivity contribution in [2.75, 3.05) is 0 Å². The largest absolute Gasteiger partial charge is 0.467 e. The van der Waals surface area contributed by atoms with Crippen molar-refractivity contribution in [3.05, 3.63) is 60.1 Å². The van der Waals surface area contributed by atoms with E-state index in [9.17, 15) is 9.59 Å². The van der Waals surface area contributed by atoms with Crippen LogP contribution in [0.4, 0.5) is 4.79 Å². The molecule has 0 aliphatic carbocycles. The van der Waals surface area contributed by atoms with Gasteiger partial charge in [-0.05, 0) is 24.6 Å². The Kier molecular flexibility index (Phi) is 5.59. The van der Waals surface area contributed by atoms with Crippen LogP contribution in [0.25, 0.3) is 0 Å². The molecule has 1 aromatic heterocycles. The van der Waals surface area contributed by atoms with Gasteiger partial charge in [0.25, 0.3) is 0 Å². The molecule has 1 atom stereocenters. The molecule has 0 bridgehead atoms. The van der Waals surface area contributed by atoms with Crippen LogP contribution >= 0.6 is 0 Å². The Bertz CT molecular complexity index is 596. The summed E-state index contributed by atoms with van der Waals surface area (Å²) in [7, 11) is 0. The highest BCUT2D eigenvalue weighted by atomic mass is 16.3. The zero-order valence-corrected chi connectivity index (χ0v) is 12.3. The summed E-state index contributed by atoms with van der Waals surface area (Å²) in [5.74, 6) is 0.410. The second kappa shape index (κ2) is 7.87. The van der Waals surface area contributed by atoms with Gasteiger partial charge in [0.05, 0.1) is 12.8 Å². The number of urea groups is 1. The molecule has 0 spiro atoms. The fraction of sp³-hybridized carbons (Fsp3) is 0.250. The maximum atomic E-state index is 11.9. The van der Waals surface area contributed by atoms with Crippen LogP contribution in [0.1, 0.15) is 18.2 Å². The zero-order chi connectivity index (χ0) is 15.8. The van der Waals surface area contributed by atoms with Crippen LogP contribution in [-0.4, -0.2) is 18.0 Å². The smallest absolute Gasteiger partial charge is 0.315 e. The van der Waals surface area contributed by atoms with E-state index in [-0.39, 0.29) is 12.5 Å². The number of carbonyl (C=O) groups is 2. The lowest BCUT2D eigenvalue weighted by atomic mass is 10.2. The standard InChI is InChI=1S/C16H19N3O3/c1-12(15(20)17-10-13-6-3-2-4-7-13)19-16(21)18-11-14-8-5-9-22-14/h2-9,12H,10-11H2,1H3,(H,17,20)(H2,18,19,21). The predicted molar refractivity (Wildman–Crippen MR) is 81.8 cm³/mol. The zero-order valence-electron chi connectivity index (χ0n) is 12.3. The Morgan fingerprint density at radius 2 is 1.82 bits per heavy atom. The molecule has 6 heteroatoms. The van der Waals surface area contributed by atoms with E-state index in [1.165, 1.54) is 6.26 Å². The minimum absolute atomic E-state index is 0.239. The maximum Gasteiger partial charge on any atom is 0.315 e. The van der Waals surface area contributed by atoms with Gasteiger partial charge in [-0.15, -0.1) is 0 Å². The van der Waals surface area contributed by atoms with Gasteiger partial charge >= 0.3 is 6.03 Å². The van der Waals surface area contributed by atoms with Gasteiger partial charge in [0.2, 0.25) is 5.91 Å². The number of hydrogen-bond acceptors (Lipinski definition) is 3. The average molecular weight is 301 g/mol. The monoisotopic (exact) mass is 301 g/mol. The molecular weight excluding hydrogens is 282 g/mol. The molecule has 2 aromatic rings. The number of benzene rings is 1. The molecule has 0 fully saturated rings. The first-order valence-electron chi connectivity index (χ1n) is 7.03. The highest BCUT2D eigenvalue weighted by Crippen LogP contribution is 1.99. The van der Waals surface area contributed by atoms with Crippen LogP contribution in [-0.2, 0) is 17.9 Å². The molecule has 1 aromatic carbocycles. The molecule has 6 nitrogen and oxygen atoms in total.